The van der Waals surface area contributed by atoms with Gasteiger partial charge in [0.1, 0.15) is 0 Å². The van der Waals surface area contributed by atoms with Gasteiger partial charge < -0.3 is 5.32 Å². The molecule has 0 bridgehead atoms. The molecule has 7 heteroatoms. The molecule has 18 heavy (non-hydrogen) atoms. The molecule has 1 aromatic carbocycles. The number of aryl methyl sites for hydroxylation is 1. The Morgan fingerprint density at radius 2 is 1.89 bits per heavy atom. The molecule has 2 rings (SSSR count). The number of aliphatic imine (C=N–C) groups is 1. The Morgan fingerprint density at radius 1 is 1.22 bits per heavy atom. The highest BCUT2D eigenvalue weighted by molar-refractivity contribution is 5.85. The van der Waals surface area contributed by atoms with Gasteiger partial charge in [-0.2, -0.15) is 0 Å². The van der Waals surface area contributed by atoms with Crippen molar-refractivity contribution in [2.45, 2.75) is 12.8 Å². The van der Waals surface area contributed by atoms with Crippen molar-refractivity contribution in [3.63, 3.8) is 0 Å². The number of nitro groups is 1. The first kappa shape index (κ1) is 16.7. The van der Waals surface area contributed by atoms with Gasteiger partial charge >= 0.3 is 0 Å². The number of hydrogen-bond acceptors (Lipinski definition) is 4. The van der Waals surface area contributed by atoms with E-state index in [0.717, 1.165) is 37.3 Å². The highest BCUT2D eigenvalue weighted by Crippen LogP contribution is 2.13. The average molecular weight is 292 g/mol. The summed E-state index contributed by atoms with van der Waals surface area (Å²) in [4.78, 5) is 14.4. The minimum atomic E-state index is -0.383. The quantitative estimate of drug-likeness (QED) is 0.684. The van der Waals surface area contributed by atoms with Crippen LogP contribution in [0.4, 0.5) is 5.69 Å². The molecule has 0 radical (unpaired) electrons. The van der Waals surface area contributed by atoms with Gasteiger partial charge in [0.25, 0.3) is 5.69 Å². The number of hydrogen-bond donors (Lipinski definition) is 1. The summed E-state index contributed by atoms with van der Waals surface area (Å²) in [5, 5.41) is 13.7. The third-order valence-electron chi connectivity index (χ3n) is 2.54. The molecule has 1 aromatic rings. The van der Waals surface area contributed by atoms with Crippen molar-refractivity contribution in [1.29, 1.82) is 0 Å². The molecule has 5 nitrogen and oxygen atoms in total. The van der Waals surface area contributed by atoms with Gasteiger partial charge in [-0.3, -0.25) is 15.1 Å². The number of nitrogens with one attached hydrogen (secondary N) is 1. The summed E-state index contributed by atoms with van der Waals surface area (Å²) in [7, 11) is 0. The first-order chi connectivity index (χ1) is 7.75. The molecule has 1 N–H and O–H groups in total. The summed E-state index contributed by atoms with van der Waals surface area (Å²) in [6.07, 6.45) is 1.74. The van der Waals surface area contributed by atoms with Crippen LogP contribution in [-0.2, 0) is 6.42 Å². The fourth-order valence-electron chi connectivity index (χ4n) is 1.66. The molecule has 0 saturated heterocycles. The molecule has 0 unspecified atom stereocenters. The van der Waals surface area contributed by atoms with E-state index in [1.165, 1.54) is 0 Å². The lowest BCUT2D eigenvalue weighted by Gasteiger charge is -2.02. The third-order valence-corrected chi connectivity index (χ3v) is 2.54. The molecule has 0 aromatic heterocycles. The fourth-order valence-corrected chi connectivity index (χ4v) is 1.66. The molecule has 1 aliphatic rings. The Labute approximate surface area is 118 Å². The minimum absolute atomic E-state index is 0. The molecule has 1 heterocycles. The van der Waals surface area contributed by atoms with Crippen molar-refractivity contribution in [3.05, 3.63) is 39.9 Å². The van der Waals surface area contributed by atoms with E-state index in [9.17, 15) is 10.1 Å². The second-order valence-electron chi connectivity index (χ2n) is 3.68. The van der Waals surface area contributed by atoms with E-state index in [-0.39, 0.29) is 35.4 Å². The normalized spacial score (nSPS) is 12.8. The molecule has 0 atom stereocenters. The maximum Gasteiger partial charge on any atom is 0.269 e. The van der Waals surface area contributed by atoms with E-state index in [2.05, 4.69) is 10.3 Å². The fraction of sp³-hybridized carbons (Fsp3) is 0.364. The number of amidine groups is 1. The van der Waals surface area contributed by atoms with Crippen molar-refractivity contribution >= 4 is 36.3 Å². The lowest BCUT2D eigenvalue weighted by Crippen LogP contribution is -2.18. The van der Waals surface area contributed by atoms with Crippen LogP contribution in [0.5, 0.6) is 0 Å². The van der Waals surface area contributed by atoms with Gasteiger partial charge in [-0.25, -0.2) is 0 Å². The first-order valence-electron chi connectivity index (χ1n) is 5.26. The van der Waals surface area contributed by atoms with Crippen LogP contribution in [0, 0.1) is 10.1 Å². The number of non-ortho nitro benzene ring substituents is 1. The molecule has 1 aliphatic heterocycles. The molecule has 0 aliphatic carbocycles. The zero-order valence-electron chi connectivity index (χ0n) is 9.67. The average Bonchev–Trinajstić information content (AvgIpc) is 2.80. The zero-order chi connectivity index (χ0) is 11.4. The molecule has 0 spiro atoms. The largest absolute Gasteiger partial charge is 0.372 e. The Kier molecular flexibility index (Phi) is 7.31. The van der Waals surface area contributed by atoms with Gasteiger partial charge in [0.05, 0.1) is 17.3 Å². The van der Waals surface area contributed by atoms with Crippen LogP contribution < -0.4 is 5.32 Å². The van der Waals surface area contributed by atoms with Crippen molar-refractivity contribution in [1.82, 2.24) is 5.32 Å². The van der Waals surface area contributed by atoms with Crippen molar-refractivity contribution in [3.8, 4) is 0 Å². The number of nitro benzene ring substituents is 1. The predicted molar refractivity (Wildman–Crippen MR) is 76.2 cm³/mol. The highest BCUT2D eigenvalue weighted by Gasteiger charge is 2.07. The second kappa shape index (κ2) is 7.89. The highest BCUT2D eigenvalue weighted by atomic mass is 35.5. The smallest absolute Gasteiger partial charge is 0.269 e. The van der Waals surface area contributed by atoms with Gasteiger partial charge in [0.2, 0.25) is 0 Å². The lowest BCUT2D eigenvalue weighted by atomic mass is 10.1. The number of rotatable bonds is 4. The first-order valence-corrected chi connectivity index (χ1v) is 5.26. The summed E-state index contributed by atoms with van der Waals surface area (Å²) in [5.74, 6) is 1.04. The Morgan fingerprint density at radius 3 is 2.39 bits per heavy atom. The van der Waals surface area contributed by atoms with Crippen LogP contribution in [0.25, 0.3) is 0 Å². The van der Waals surface area contributed by atoms with Crippen LogP contribution in [0.3, 0.4) is 0 Å². The third kappa shape index (κ3) is 4.50. The van der Waals surface area contributed by atoms with Gasteiger partial charge in [0.15, 0.2) is 0 Å². The summed E-state index contributed by atoms with van der Waals surface area (Å²) >= 11 is 0. The van der Waals surface area contributed by atoms with Crippen molar-refractivity contribution < 1.29 is 4.92 Å². The van der Waals surface area contributed by atoms with Crippen LogP contribution in [-0.4, -0.2) is 23.8 Å². The van der Waals surface area contributed by atoms with Crippen molar-refractivity contribution in [2.24, 2.45) is 4.99 Å². The Hall–Kier alpha value is -1.33. The van der Waals surface area contributed by atoms with Crippen LogP contribution in [0.15, 0.2) is 29.3 Å². The van der Waals surface area contributed by atoms with E-state index < -0.39 is 0 Å². The summed E-state index contributed by atoms with van der Waals surface area (Å²) in [5.41, 5.74) is 1.24. The van der Waals surface area contributed by atoms with Gasteiger partial charge in [-0.1, -0.05) is 12.1 Å². The van der Waals surface area contributed by atoms with E-state index in [1.54, 1.807) is 24.3 Å². The lowest BCUT2D eigenvalue weighted by molar-refractivity contribution is -0.384. The maximum atomic E-state index is 10.5. The summed E-state index contributed by atoms with van der Waals surface area (Å²) in [6.45, 7) is 1.78. The molecule has 0 saturated carbocycles. The van der Waals surface area contributed by atoms with Crippen LogP contribution in [0.1, 0.15) is 12.0 Å². The minimum Gasteiger partial charge on any atom is -0.372 e. The topological polar surface area (TPSA) is 67.5 Å². The van der Waals surface area contributed by atoms with E-state index in [1.807, 2.05) is 0 Å². The molecular formula is C11H15Cl2N3O2. The SMILES string of the molecule is Cl.Cl.O=[N+]([O-])c1ccc(CCC2=NCCN2)cc1. The van der Waals surface area contributed by atoms with E-state index >= 15 is 0 Å². The Balaban J connectivity index is 0.00000144. The summed E-state index contributed by atoms with van der Waals surface area (Å²) in [6, 6.07) is 6.68. The Bertz CT molecular complexity index is 421. The predicted octanol–water partition coefficient (Wildman–Crippen LogP) is 2.37. The van der Waals surface area contributed by atoms with Crippen molar-refractivity contribution in [2.75, 3.05) is 13.1 Å². The standard InChI is InChI=1S/C11H13N3O2.2ClH/c15-14(16)10-4-1-9(2-5-10)3-6-11-12-7-8-13-11;;/h1-2,4-5H,3,6-8H2,(H,12,13);2*1H. The number of nitrogens with zero attached hydrogens (tertiary/aromatic N) is 2. The maximum absolute atomic E-state index is 10.5. The van der Waals surface area contributed by atoms with E-state index in [0.29, 0.717) is 0 Å². The second-order valence-corrected chi connectivity index (χ2v) is 3.68. The van der Waals surface area contributed by atoms with Gasteiger partial charge in [-0.05, 0) is 12.0 Å². The molecule has 100 valence electrons. The van der Waals surface area contributed by atoms with E-state index in [4.69, 9.17) is 0 Å². The monoisotopic (exact) mass is 291 g/mol. The van der Waals surface area contributed by atoms with Crippen LogP contribution >= 0.6 is 24.8 Å². The molecule has 0 fully saturated rings. The number of benzene rings is 1. The molecule has 0 amide bonds. The molecular weight excluding hydrogens is 277 g/mol. The van der Waals surface area contributed by atoms with Gasteiger partial charge in [0, 0.05) is 25.1 Å². The summed E-state index contributed by atoms with van der Waals surface area (Å²) < 4.78 is 0. The number of halogens is 2. The van der Waals surface area contributed by atoms with Crippen LogP contribution in [0.2, 0.25) is 0 Å². The van der Waals surface area contributed by atoms with Gasteiger partial charge in [-0.15, -0.1) is 24.8 Å². The zero-order valence-corrected chi connectivity index (χ0v) is 11.3.